The molecular formula is C27H22N2O5. The van der Waals surface area contributed by atoms with Gasteiger partial charge < -0.3 is 14.3 Å². The lowest BCUT2D eigenvalue weighted by atomic mass is 9.97. The average molecular weight is 454 g/mol. The molecule has 0 spiro atoms. The number of hydrogen-bond acceptors (Lipinski definition) is 6. The van der Waals surface area contributed by atoms with E-state index in [1.165, 1.54) is 12.0 Å². The van der Waals surface area contributed by atoms with Gasteiger partial charge in [-0.3, -0.25) is 19.5 Å². The van der Waals surface area contributed by atoms with E-state index in [-0.39, 0.29) is 11.3 Å². The third-order valence-corrected chi connectivity index (χ3v) is 6.00. The fourth-order valence-electron chi connectivity index (χ4n) is 4.32. The van der Waals surface area contributed by atoms with Crippen LogP contribution in [0.3, 0.4) is 0 Å². The van der Waals surface area contributed by atoms with Crippen molar-refractivity contribution in [1.82, 2.24) is 4.98 Å². The summed E-state index contributed by atoms with van der Waals surface area (Å²) >= 11 is 0. The predicted molar refractivity (Wildman–Crippen MR) is 127 cm³/mol. The number of carbonyl (C=O) groups is 2. The average Bonchev–Trinajstić information content (AvgIpc) is 3.40. The molecular weight excluding hydrogens is 432 g/mol. The highest BCUT2D eigenvalue weighted by Crippen LogP contribution is 2.43. The Balaban J connectivity index is 1.68. The minimum absolute atomic E-state index is 0.00223. The maximum atomic E-state index is 13.7. The van der Waals surface area contributed by atoms with E-state index in [2.05, 4.69) is 4.98 Å². The first-order chi connectivity index (χ1) is 16.4. The van der Waals surface area contributed by atoms with Crippen LogP contribution in [0, 0.1) is 13.8 Å². The number of anilines is 1. The number of hydrogen-bond donors (Lipinski definition) is 1. The largest absolute Gasteiger partial charge is 0.503 e. The molecule has 34 heavy (non-hydrogen) atoms. The van der Waals surface area contributed by atoms with Crippen molar-refractivity contribution < 1.29 is 23.8 Å². The topological polar surface area (TPSA) is 92.9 Å². The Morgan fingerprint density at radius 3 is 2.65 bits per heavy atom. The zero-order chi connectivity index (χ0) is 24.0. The predicted octanol–water partition coefficient (Wildman–Crippen LogP) is 5.24. The highest BCUT2D eigenvalue weighted by atomic mass is 16.5. The van der Waals surface area contributed by atoms with Crippen LogP contribution in [0.1, 0.15) is 33.4 Å². The van der Waals surface area contributed by atoms with Crippen molar-refractivity contribution in [3.05, 3.63) is 101 Å². The van der Waals surface area contributed by atoms with Crippen LogP contribution in [0.2, 0.25) is 0 Å². The Morgan fingerprint density at radius 1 is 1.09 bits per heavy atom. The SMILES string of the molecule is COc1cccc2cc(C(=O)C3=C(O)C(=O)N(c4cc(C)ccc4C)C3c3ccccn3)oc12. The summed E-state index contributed by atoms with van der Waals surface area (Å²) in [6.07, 6.45) is 1.59. The number of aliphatic hydroxyl groups excluding tert-OH is 1. The van der Waals surface area contributed by atoms with Crippen molar-refractivity contribution in [3.8, 4) is 5.75 Å². The zero-order valence-electron chi connectivity index (χ0n) is 18.9. The number of amides is 1. The number of aryl methyl sites for hydroxylation is 2. The summed E-state index contributed by atoms with van der Waals surface area (Å²) in [6, 6.07) is 16.9. The molecule has 1 unspecified atom stereocenters. The molecule has 0 saturated heterocycles. The first-order valence-corrected chi connectivity index (χ1v) is 10.8. The van der Waals surface area contributed by atoms with Crippen LogP contribution in [0.4, 0.5) is 5.69 Å². The third kappa shape index (κ3) is 3.33. The number of fused-ring (bicyclic) bond motifs is 1. The number of aromatic nitrogens is 1. The van der Waals surface area contributed by atoms with E-state index in [1.807, 2.05) is 32.0 Å². The molecule has 0 saturated carbocycles. The van der Waals surface area contributed by atoms with Gasteiger partial charge in [-0.25, -0.2) is 0 Å². The third-order valence-electron chi connectivity index (χ3n) is 6.00. The van der Waals surface area contributed by atoms with Crippen LogP contribution in [-0.2, 0) is 4.79 Å². The molecule has 0 bridgehead atoms. The van der Waals surface area contributed by atoms with E-state index in [9.17, 15) is 14.7 Å². The summed E-state index contributed by atoms with van der Waals surface area (Å²) in [5.41, 5.74) is 3.16. The van der Waals surface area contributed by atoms with Crippen LogP contribution >= 0.6 is 0 Å². The van der Waals surface area contributed by atoms with Gasteiger partial charge in [0.25, 0.3) is 5.91 Å². The summed E-state index contributed by atoms with van der Waals surface area (Å²) in [5.74, 6) is -1.39. The number of aliphatic hydroxyl groups is 1. The quantitative estimate of drug-likeness (QED) is 0.415. The molecule has 3 heterocycles. The number of ether oxygens (including phenoxy) is 1. The zero-order valence-corrected chi connectivity index (χ0v) is 18.9. The van der Waals surface area contributed by atoms with Crippen molar-refractivity contribution in [1.29, 1.82) is 0 Å². The minimum atomic E-state index is -0.920. The van der Waals surface area contributed by atoms with Crippen LogP contribution in [0.25, 0.3) is 11.0 Å². The molecule has 1 N–H and O–H groups in total. The van der Waals surface area contributed by atoms with Gasteiger partial charge in [-0.2, -0.15) is 0 Å². The van der Waals surface area contributed by atoms with Gasteiger partial charge in [0.15, 0.2) is 22.9 Å². The van der Waals surface area contributed by atoms with E-state index in [0.717, 1.165) is 11.1 Å². The molecule has 2 aromatic heterocycles. The Labute approximate surface area is 195 Å². The van der Waals surface area contributed by atoms with Crippen molar-refractivity contribution in [2.75, 3.05) is 12.0 Å². The van der Waals surface area contributed by atoms with Gasteiger partial charge in [-0.1, -0.05) is 30.3 Å². The Morgan fingerprint density at radius 2 is 1.91 bits per heavy atom. The van der Waals surface area contributed by atoms with E-state index >= 15 is 0 Å². The van der Waals surface area contributed by atoms with Crippen molar-refractivity contribution in [3.63, 3.8) is 0 Å². The first kappa shape index (κ1) is 21.5. The number of nitrogens with zero attached hydrogens (tertiary/aromatic N) is 2. The molecule has 1 aliphatic rings. The summed E-state index contributed by atoms with van der Waals surface area (Å²) in [7, 11) is 1.52. The highest BCUT2D eigenvalue weighted by molar-refractivity contribution is 6.20. The van der Waals surface area contributed by atoms with Crippen LogP contribution in [-0.4, -0.2) is 28.9 Å². The fourth-order valence-corrected chi connectivity index (χ4v) is 4.32. The summed E-state index contributed by atoms with van der Waals surface area (Å²) in [6.45, 7) is 3.79. The maximum Gasteiger partial charge on any atom is 0.294 e. The molecule has 170 valence electrons. The number of methoxy groups -OCH3 is 1. The molecule has 7 nitrogen and oxygen atoms in total. The van der Waals surface area contributed by atoms with Crippen molar-refractivity contribution in [2.24, 2.45) is 0 Å². The van der Waals surface area contributed by atoms with Crippen molar-refractivity contribution >= 4 is 28.3 Å². The van der Waals surface area contributed by atoms with Gasteiger partial charge in [0.1, 0.15) is 6.04 Å². The lowest BCUT2D eigenvalue weighted by Crippen LogP contribution is -2.32. The number of benzene rings is 2. The Hall–Kier alpha value is -4.39. The standard InChI is InChI=1S/C27H22N2O5/c1-15-10-11-16(2)19(13-15)29-23(18-8-4-5-12-28-18)22(25(31)27(29)32)24(30)21-14-17-7-6-9-20(33-3)26(17)34-21/h4-14,23,31H,1-3H3. The molecule has 7 heteroatoms. The molecule has 0 radical (unpaired) electrons. The van der Waals surface area contributed by atoms with E-state index in [0.29, 0.717) is 28.1 Å². The number of ketones is 1. The second-order valence-electron chi connectivity index (χ2n) is 8.20. The normalized spacial score (nSPS) is 15.9. The molecule has 1 amide bonds. The number of pyridine rings is 1. The summed E-state index contributed by atoms with van der Waals surface area (Å²) in [4.78, 5) is 32.9. The molecule has 1 aliphatic heterocycles. The number of Topliss-reactive ketones (excluding diaryl/α,β-unsaturated/α-hetero) is 1. The highest BCUT2D eigenvalue weighted by Gasteiger charge is 2.46. The fraction of sp³-hybridized carbons (Fsp3) is 0.148. The maximum absolute atomic E-state index is 13.7. The van der Waals surface area contributed by atoms with Crippen LogP contribution in [0.5, 0.6) is 5.75 Å². The van der Waals surface area contributed by atoms with Gasteiger partial charge >= 0.3 is 0 Å². The van der Waals surface area contributed by atoms with Gasteiger partial charge in [-0.05, 0) is 55.3 Å². The van der Waals surface area contributed by atoms with Gasteiger partial charge in [0.05, 0.1) is 18.4 Å². The lowest BCUT2D eigenvalue weighted by molar-refractivity contribution is -0.117. The first-order valence-electron chi connectivity index (χ1n) is 10.8. The van der Waals surface area contributed by atoms with E-state index < -0.39 is 23.5 Å². The monoisotopic (exact) mass is 454 g/mol. The van der Waals surface area contributed by atoms with Crippen molar-refractivity contribution in [2.45, 2.75) is 19.9 Å². The number of furan rings is 1. The lowest BCUT2D eigenvalue weighted by Gasteiger charge is -2.27. The van der Waals surface area contributed by atoms with Crippen LogP contribution < -0.4 is 9.64 Å². The van der Waals surface area contributed by atoms with Gasteiger partial charge in [-0.15, -0.1) is 0 Å². The van der Waals surface area contributed by atoms with E-state index in [4.69, 9.17) is 9.15 Å². The number of rotatable bonds is 5. The summed E-state index contributed by atoms with van der Waals surface area (Å²) < 4.78 is 11.2. The molecule has 4 aromatic rings. The minimum Gasteiger partial charge on any atom is -0.503 e. The molecule has 0 aliphatic carbocycles. The second kappa shape index (κ2) is 8.19. The molecule has 2 aromatic carbocycles. The number of carbonyl (C=O) groups excluding carboxylic acids is 2. The van der Waals surface area contributed by atoms with Gasteiger partial charge in [0, 0.05) is 17.3 Å². The molecule has 5 rings (SSSR count). The van der Waals surface area contributed by atoms with Gasteiger partial charge in [0.2, 0.25) is 5.78 Å². The molecule has 0 fully saturated rings. The number of para-hydroxylation sites is 1. The smallest absolute Gasteiger partial charge is 0.294 e. The van der Waals surface area contributed by atoms with E-state index in [1.54, 1.807) is 48.7 Å². The Bertz CT molecular complexity index is 1470. The summed E-state index contributed by atoms with van der Waals surface area (Å²) in [5, 5.41) is 11.6. The Kier molecular flexibility index (Phi) is 5.17. The second-order valence-corrected chi connectivity index (χ2v) is 8.20. The van der Waals surface area contributed by atoms with Crippen LogP contribution in [0.15, 0.2) is 82.6 Å². The molecule has 1 atom stereocenters.